The van der Waals surface area contributed by atoms with Crippen LogP contribution in [0.15, 0.2) is 72.8 Å². The third kappa shape index (κ3) is 5.38. The zero-order valence-corrected chi connectivity index (χ0v) is 25.2. The molecule has 0 aliphatic carbocycles. The van der Waals surface area contributed by atoms with Gasteiger partial charge in [0.2, 0.25) is 0 Å². The summed E-state index contributed by atoms with van der Waals surface area (Å²) >= 11 is 1.59. The Labute approximate surface area is 249 Å². The van der Waals surface area contributed by atoms with Gasteiger partial charge in [0.1, 0.15) is 11.9 Å². The standard InChI is InChI=1S/C32H31N3O5S2/c1-20-13-14-27(40-22(3)23-9-5-4-6-10-23)29-25(32(36)34-42(37,38)35-15-17-39-18-16-35)19-26(33-30(20)29)31-21(2)24-11-7-8-12-28(24)41-31/h4-14,19,22H,15-18H2,1-3H3,(H,34,36). The lowest BCUT2D eigenvalue weighted by Crippen LogP contribution is -2.48. The molecule has 0 radical (unpaired) electrons. The summed E-state index contributed by atoms with van der Waals surface area (Å²) in [5.41, 5.74) is 4.23. The number of thiophene rings is 1. The molecule has 1 N–H and O–H groups in total. The molecular formula is C32H31N3O5S2. The van der Waals surface area contributed by atoms with Crippen LogP contribution in [0.25, 0.3) is 31.6 Å². The van der Waals surface area contributed by atoms with Crippen LogP contribution in [-0.4, -0.2) is 49.9 Å². The topological polar surface area (TPSA) is 97.8 Å². The van der Waals surface area contributed by atoms with Gasteiger partial charge in [0.25, 0.3) is 5.91 Å². The van der Waals surface area contributed by atoms with Gasteiger partial charge in [-0.15, -0.1) is 11.3 Å². The van der Waals surface area contributed by atoms with Crippen molar-refractivity contribution in [2.24, 2.45) is 0 Å². The lowest BCUT2D eigenvalue weighted by molar-refractivity contribution is 0.0719. The number of fused-ring (bicyclic) bond motifs is 2. The van der Waals surface area contributed by atoms with Gasteiger partial charge in [0.05, 0.1) is 40.3 Å². The molecule has 2 aromatic heterocycles. The van der Waals surface area contributed by atoms with Crippen LogP contribution in [0.2, 0.25) is 0 Å². The number of morpholine rings is 1. The van der Waals surface area contributed by atoms with E-state index in [4.69, 9.17) is 14.5 Å². The minimum absolute atomic E-state index is 0.175. The first-order valence-electron chi connectivity index (χ1n) is 13.8. The SMILES string of the molecule is Cc1c(-c2cc(C(=O)NS(=O)(=O)N3CCOCC3)c3c(OC(C)c4ccccc4)ccc(C)c3n2)sc2ccccc12. The highest BCUT2D eigenvalue weighted by atomic mass is 32.2. The fourth-order valence-corrected chi connectivity index (χ4v) is 7.53. The van der Waals surface area contributed by atoms with Crippen molar-refractivity contribution in [3.05, 3.63) is 95.1 Å². The van der Waals surface area contributed by atoms with Crippen molar-refractivity contribution in [3.8, 4) is 16.3 Å². The third-order valence-electron chi connectivity index (χ3n) is 7.55. The van der Waals surface area contributed by atoms with E-state index in [1.165, 1.54) is 4.31 Å². The van der Waals surface area contributed by atoms with E-state index in [1.54, 1.807) is 17.4 Å². The highest BCUT2D eigenvalue weighted by Crippen LogP contribution is 2.41. The Kier molecular flexibility index (Phi) is 7.71. The summed E-state index contributed by atoms with van der Waals surface area (Å²) in [6.45, 7) is 6.80. The Bertz CT molecular complexity index is 1900. The normalized spacial score (nSPS) is 15.1. The molecule has 1 atom stereocenters. The number of rotatable bonds is 7. The van der Waals surface area contributed by atoms with Gasteiger partial charge in [-0.2, -0.15) is 12.7 Å². The summed E-state index contributed by atoms with van der Waals surface area (Å²) in [6, 6.07) is 23.3. The molecule has 1 fully saturated rings. The molecule has 0 bridgehead atoms. The first-order valence-corrected chi connectivity index (χ1v) is 16.0. The number of aromatic nitrogens is 1. The van der Waals surface area contributed by atoms with Crippen LogP contribution in [0.4, 0.5) is 0 Å². The number of nitrogens with zero attached hydrogens (tertiary/aromatic N) is 2. The minimum atomic E-state index is -4.10. The molecule has 1 unspecified atom stereocenters. The Morgan fingerprint density at radius 2 is 1.74 bits per heavy atom. The first-order chi connectivity index (χ1) is 20.2. The Morgan fingerprint density at radius 1 is 1.02 bits per heavy atom. The van der Waals surface area contributed by atoms with Crippen LogP contribution in [0.3, 0.4) is 0 Å². The molecule has 1 saturated heterocycles. The summed E-state index contributed by atoms with van der Waals surface area (Å²) in [7, 11) is -4.10. The maximum atomic E-state index is 13.9. The highest BCUT2D eigenvalue weighted by Gasteiger charge is 2.29. The largest absolute Gasteiger partial charge is 0.485 e. The van der Waals surface area contributed by atoms with Gasteiger partial charge in [-0.3, -0.25) is 4.79 Å². The number of hydrogen-bond acceptors (Lipinski definition) is 7. The molecular weight excluding hydrogens is 571 g/mol. The lowest BCUT2D eigenvalue weighted by Gasteiger charge is -2.26. The number of carbonyl (C=O) groups is 1. The highest BCUT2D eigenvalue weighted by molar-refractivity contribution is 7.87. The number of amides is 1. The molecule has 3 heterocycles. The number of pyridine rings is 1. The fraction of sp³-hybridized carbons (Fsp3) is 0.250. The maximum absolute atomic E-state index is 13.9. The van der Waals surface area contributed by atoms with Crippen LogP contribution >= 0.6 is 11.3 Å². The van der Waals surface area contributed by atoms with E-state index in [1.807, 2.05) is 75.4 Å². The summed E-state index contributed by atoms with van der Waals surface area (Å²) in [6.07, 6.45) is -0.324. The van der Waals surface area contributed by atoms with Crippen LogP contribution in [0.5, 0.6) is 5.75 Å². The molecule has 0 spiro atoms. The molecule has 5 aromatic rings. The van der Waals surface area contributed by atoms with Crippen LogP contribution < -0.4 is 9.46 Å². The Balaban J connectivity index is 1.51. The van der Waals surface area contributed by atoms with Gasteiger partial charge in [0.15, 0.2) is 0 Å². The molecule has 42 heavy (non-hydrogen) atoms. The molecule has 1 amide bonds. The average molecular weight is 602 g/mol. The predicted octanol–water partition coefficient (Wildman–Crippen LogP) is 6.18. The average Bonchev–Trinajstić information content (AvgIpc) is 3.35. The van der Waals surface area contributed by atoms with E-state index in [9.17, 15) is 13.2 Å². The first kappa shape index (κ1) is 28.3. The number of hydrogen-bond donors (Lipinski definition) is 1. The van der Waals surface area contributed by atoms with Crippen molar-refractivity contribution < 1.29 is 22.7 Å². The molecule has 1 aliphatic rings. The van der Waals surface area contributed by atoms with Crippen molar-refractivity contribution >= 4 is 48.4 Å². The van der Waals surface area contributed by atoms with Gasteiger partial charge in [-0.05, 0) is 61.0 Å². The second kappa shape index (κ2) is 11.4. The van der Waals surface area contributed by atoms with Gasteiger partial charge in [0, 0.05) is 17.8 Å². The Morgan fingerprint density at radius 3 is 2.48 bits per heavy atom. The smallest absolute Gasteiger partial charge is 0.304 e. The molecule has 0 saturated carbocycles. The molecule has 6 rings (SSSR count). The molecule has 216 valence electrons. The van der Waals surface area contributed by atoms with E-state index in [-0.39, 0.29) is 38.0 Å². The Hall–Kier alpha value is -3.83. The van der Waals surface area contributed by atoms with E-state index in [0.717, 1.165) is 31.7 Å². The minimum Gasteiger partial charge on any atom is -0.485 e. The van der Waals surface area contributed by atoms with Crippen molar-refractivity contribution in [1.29, 1.82) is 0 Å². The maximum Gasteiger partial charge on any atom is 0.304 e. The number of nitrogens with one attached hydrogen (secondary N) is 1. The second-order valence-corrected chi connectivity index (χ2v) is 13.1. The van der Waals surface area contributed by atoms with E-state index >= 15 is 0 Å². The number of carbonyl (C=O) groups excluding carboxylic acids is 1. The molecule has 10 heteroatoms. The van der Waals surface area contributed by atoms with Crippen molar-refractivity contribution in [2.45, 2.75) is 26.9 Å². The quantitative estimate of drug-likeness (QED) is 0.239. The number of aryl methyl sites for hydroxylation is 2. The van der Waals surface area contributed by atoms with Crippen molar-refractivity contribution in [3.63, 3.8) is 0 Å². The number of benzene rings is 3. The molecule has 1 aliphatic heterocycles. The second-order valence-electron chi connectivity index (χ2n) is 10.3. The zero-order valence-electron chi connectivity index (χ0n) is 23.6. The lowest BCUT2D eigenvalue weighted by atomic mass is 10.0. The molecule has 8 nitrogen and oxygen atoms in total. The van der Waals surface area contributed by atoms with Gasteiger partial charge in [-0.25, -0.2) is 9.71 Å². The predicted molar refractivity (Wildman–Crippen MR) is 166 cm³/mol. The third-order valence-corrected chi connectivity index (χ3v) is 10.3. The van der Waals surface area contributed by atoms with Crippen LogP contribution in [0, 0.1) is 13.8 Å². The van der Waals surface area contributed by atoms with Gasteiger partial charge in [-0.1, -0.05) is 54.6 Å². The van der Waals surface area contributed by atoms with E-state index in [0.29, 0.717) is 22.3 Å². The van der Waals surface area contributed by atoms with Crippen molar-refractivity contribution in [1.82, 2.24) is 14.0 Å². The number of ether oxygens (including phenoxy) is 2. The molecule has 3 aromatic carbocycles. The van der Waals surface area contributed by atoms with Crippen molar-refractivity contribution in [2.75, 3.05) is 26.3 Å². The van der Waals surface area contributed by atoms with E-state index in [2.05, 4.69) is 16.9 Å². The van der Waals surface area contributed by atoms with E-state index < -0.39 is 16.1 Å². The summed E-state index contributed by atoms with van der Waals surface area (Å²) < 4.78 is 42.9. The monoisotopic (exact) mass is 601 g/mol. The van der Waals surface area contributed by atoms with Crippen LogP contribution in [0.1, 0.15) is 40.1 Å². The van der Waals surface area contributed by atoms with Crippen LogP contribution in [-0.2, 0) is 14.9 Å². The summed E-state index contributed by atoms with van der Waals surface area (Å²) in [4.78, 5) is 19.9. The fourth-order valence-electron chi connectivity index (χ4n) is 5.26. The zero-order chi connectivity index (χ0) is 29.4. The van der Waals surface area contributed by atoms with Gasteiger partial charge < -0.3 is 9.47 Å². The van der Waals surface area contributed by atoms with Gasteiger partial charge >= 0.3 is 10.2 Å². The summed E-state index contributed by atoms with van der Waals surface area (Å²) in [5, 5.41) is 1.58. The summed E-state index contributed by atoms with van der Waals surface area (Å²) in [5.74, 6) is -0.287.